The number of aromatic amines is 1. The molecule has 0 unspecified atom stereocenters. The zero-order chi connectivity index (χ0) is 18.1. The largest absolute Gasteiger partial charge is 0.366 e. The molecule has 1 fully saturated rings. The number of amides is 1. The van der Waals surface area contributed by atoms with Gasteiger partial charge in [0.1, 0.15) is 17.2 Å². The molecule has 3 heterocycles. The predicted octanol–water partition coefficient (Wildman–Crippen LogP) is 2.52. The van der Waals surface area contributed by atoms with E-state index in [-0.39, 0.29) is 11.7 Å². The number of H-pyrrole nitrogens is 1. The number of carbonyl (C=O) groups is 1. The third-order valence-corrected chi connectivity index (χ3v) is 4.77. The minimum atomic E-state index is -0.229. The smallest absolute Gasteiger partial charge is 0.272 e. The molecule has 0 bridgehead atoms. The Kier molecular flexibility index (Phi) is 4.20. The molecule has 4 rings (SSSR count). The van der Waals surface area contributed by atoms with Gasteiger partial charge in [0.25, 0.3) is 5.91 Å². The van der Waals surface area contributed by atoms with Crippen LogP contribution in [0.4, 0.5) is 10.1 Å². The van der Waals surface area contributed by atoms with Crippen LogP contribution in [-0.4, -0.2) is 51.8 Å². The first-order chi connectivity index (χ1) is 12.6. The third-order valence-electron chi connectivity index (χ3n) is 4.77. The van der Waals surface area contributed by atoms with Crippen molar-refractivity contribution in [3.8, 4) is 11.4 Å². The van der Waals surface area contributed by atoms with Crippen LogP contribution in [0.15, 0.2) is 48.7 Å². The Hall–Kier alpha value is -3.09. The number of carbonyl (C=O) groups excluding carboxylic acids is 1. The Morgan fingerprint density at radius 1 is 1.12 bits per heavy atom. The lowest BCUT2D eigenvalue weighted by Crippen LogP contribution is -2.49. The summed E-state index contributed by atoms with van der Waals surface area (Å²) in [5.74, 6) is -0.306. The van der Waals surface area contributed by atoms with E-state index < -0.39 is 0 Å². The van der Waals surface area contributed by atoms with Crippen LogP contribution < -0.4 is 4.90 Å². The van der Waals surface area contributed by atoms with Gasteiger partial charge >= 0.3 is 0 Å². The number of nitrogens with one attached hydrogen (secondary N) is 1. The molecule has 1 aliphatic heterocycles. The van der Waals surface area contributed by atoms with Gasteiger partial charge in [-0.15, -0.1) is 0 Å². The molecule has 2 aromatic heterocycles. The number of piperazine rings is 1. The van der Waals surface area contributed by atoms with Gasteiger partial charge in [-0.05, 0) is 30.3 Å². The summed E-state index contributed by atoms with van der Waals surface area (Å²) in [6.07, 6.45) is 1.94. The number of rotatable bonds is 3. The van der Waals surface area contributed by atoms with Crippen LogP contribution in [0.25, 0.3) is 11.4 Å². The third kappa shape index (κ3) is 2.96. The van der Waals surface area contributed by atoms with Crippen LogP contribution in [-0.2, 0) is 7.05 Å². The summed E-state index contributed by atoms with van der Waals surface area (Å²) < 4.78 is 15.9. The van der Waals surface area contributed by atoms with Gasteiger partial charge in [0, 0.05) is 39.4 Å². The zero-order valence-electron chi connectivity index (χ0n) is 14.5. The number of benzene rings is 1. The van der Waals surface area contributed by atoms with Crippen LogP contribution in [0, 0.1) is 5.82 Å². The maximum Gasteiger partial charge on any atom is 0.272 e. The normalized spacial score (nSPS) is 14.7. The monoisotopic (exact) mass is 353 g/mol. The van der Waals surface area contributed by atoms with Crippen molar-refractivity contribution in [3.05, 3.63) is 60.2 Å². The minimum Gasteiger partial charge on any atom is -0.366 e. The lowest BCUT2D eigenvalue weighted by atomic mass is 10.2. The summed E-state index contributed by atoms with van der Waals surface area (Å²) in [7, 11) is 1.94. The lowest BCUT2D eigenvalue weighted by Gasteiger charge is -2.36. The maximum atomic E-state index is 13.9. The topological polar surface area (TPSA) is 57.2 Å². The molecule has 0 radical (unpaired) electrons. The molecule has 3 aromatic rings. The molecular weight excluding hydrogens is 333 g/mol. The fraction of sp³-hybridized carbons (Fsp3) is 0.263. The Balaban J connectivity index is 1.44. The van der Waals surface area contributed by atoms with Gasteiger partial charge in [-0.3, -0.25) is 9.89 Å². The van der Waals surface area contributed by atoms with Gasteiger partial charge in [-0.25, -0.2) is 4.39 Å². The van der Waals surface area contributed by atoms with Crippen molar-refractivity contribution in [2.45, 2.75) is 0 Å². The molecule has 1 saturated heterocycles. The van der Waals surface area contributed by atoms with Crippen LogP contribution >= 0.6 is 0 Å². The second-order valence-corrected chi connectivity index (χ2v) is 6.40. The van der Waals surface area contributed by atoms with Gasteiger partial charge < -0.3 is 14.4 Å². The standard InChI is InChI=1S/C19H20FN5O/c1-23-8-4-7-18(23)15-13-16(22-21-15)19(26)25-11-9-24(10-12-25)17-6-3-2-5-14(17)20/h2-8,13H,9-12H2,1H3,(H,21,22). The van der Waals surface area contributed by atoms with Gasteiger partial charge in [0.15, 0.2) is 0 Å². The molecule has 1 aromatic carbocycles. The Labute approximate surface area is 150 Å². The van der Waals surface area contributed by atoms with Crippen LogP contribution in [0.2, 0.25) is 0 Å². The predicted molar refractivity (Wildman–Crippen MR) is 97.5 cm³/mol. The average Bonchev–Trinajstić information content (AvgIpc) is 3.30. The van der Waals surface area contributed by atoms with Gasteiger partial charge in [0.2, 0.25) is 0 Å². The lowest BCUT2D eigenvalue weighted by molar-refractivity contribution is 0.0740. The summed E-state index contributed by atoms with van der Waals surface area (Å²) >= 11 is 0. The fourth-order valence-corrected chi connectivity index (χ4v) is 3.32. The van der Waals surface area contributed by atoms with E-state index >= 15 is 0 Å². The fourth-order valence-electron chi connectivity index (χ4n) is 3.32. The van der Waals surface area contributed by atoms with Gasteiger partial charge in [-0.2, -0.15) is 5.10 Å². The molecule has 6 nitrogen and oxygen atoms in total. The Bertz CT molecular complexity index is 923. The van der Waals surface area contributed by atoms with Crippen LogP contribution in [0.5, 0.6) is 0 Å². The summed E-state index contributed by atoms with van der Waals surface area (Å²) in [5.41, 5.74) is 2.75. The molecule has 0 aliphatic carbocycles. The average molecular weight is 353 g/mol. The van der Waals surface area contributed by atoms with E-state index in [2.05, 4.69) is 10.2 Å². The molecule has 134 valence electrons. The van der Waals surface area contributed by atoms with E-state index in [4.69, 9.17) is 0 Å². The summed E-state index contributed by atoms with van der Waals surface area (Å²) in [4.78, 5) is 16.5. The van der Waals surface area contributed by atoms with E-state index in [0.29, 0.717) is 37.6 Å². The number of hydrogen-bond acceptors (Lipinski definition) is 3. The molecule has 1 N–H and O–H groups in total. The van der Waals surface area contributed by atoms with Crippen molar-refractivity contribution in [1.29, 1.82) is 0 Å². The van der Waals surface area contributed by atoms with Crippen molar-refractivity contribution in [1.82, 2.24) is 19.7 Å². The van der Waals surface area contributed by atoms with Crippen molar-refractivity contribution in [3.63, 3.8) is 0 Å². The molecule has 0 atom stereocenters. The summed E-state index contributed by atoms with van der Waals surface area (Å²) in [6.45, 7) is 2.30. The highest BCUT2D eigenvalue weighted by molar-refractivity contribution is 5.93. The second kappa shape index (κ2) is 6.67. The molecule has 7 heteroatoms. The molecule has 0 saturated carbocycles. The summed E-state index contributed by atoms with van der Waals surface area (Å²) in [6, 6.07) is 12.4. The number of halogens is 1. The molecule has 26 heavy (non-hydrogen) atoms. The van der Waals surface area contributed by atoms with E-state index in [9.17, 15) is 9.18 Å². The van der Waals surface area contributed by atoms with Crippen molar-refractivity contribution in [2.75, 3.05) is 31.1 Å². The van der Waals surface area contributed by atoms with Crippen LogP contribution in [0.3, 0.4) is 0 Å². The Morgan fingerprint density at radius 3 is 2.58 bits per heavy atom. The first-order valence-electron chi connectivity index (χ1n) is 8.59. The van der Waals surface area contributed by atoms with Crippen LogP contribution in [0.1, 0.15) is 10.5 Å². The van der Waals surface area contributed by atoms with Crippen molar-refractivity contribution >= 4 is 11.6 Å². The maximum absolute atomic E-state index is 13.9. The highest BCUT2D eigenvalue weighted by atomic mass is 19.1. The number of para-hydroxylation sites is 1. The molecular formula is C19H20FN5O. The van der Waals surface area contributed by atoms with E-state index in [0.717, 1.165) is 11.4 Å². The number of aryl methyl sites for hydroxylation is 1. The van der Waals surface area contributed by atoms with Gasteiger partial charge in [0.05, 0.1) is 11.4 Å². The summed E-state index contributed by atoms with van der Waals surface area (Å²) in [5, 5.41) is 7.10. The van der Waals surface area contributed by atoms with E-state index in [1.54, 1.807) is 23.1 Å². The SMILES string of the molecule is Cn1cccc1-c1cc(C(=O)N2CCN(c3ccccc3F)CC2)[nH]n1. The highest BCUT2D eigenvalue weighted by Gasteiger charge is 2.25. The number of nitrogens with zero attached hydrogens (tertiary/aromatic N) is 4. The quantitative estimate of drug-likeness (QED) is 0.787. The number of hydrogen-bond donors (Lipinski definition) is 1. The van der Waals surface area contributed by atoms with Gasteiger partial charge in [-0.1, -0.05) is 12.1 Å². The highest BCUT2D eigenvalue weighted by Crippen LogP contribution is 2.22. The molecule has 1 aliphatic rings. The van der Waals surface area contributed by atoms with Crippen molar-refractivity contribution in [2.24, 2.45) is 7.05 Å². The first kappa shape index (κ1) is 16.4. The van der Waals surface area contributed by atoms with E-state index in [1.807, 2.05) is 40.9 Å². The minimum absolute atomic E-state index is 0.0776. The van der Waals surface area contributed by atoms with E-state index in [1.165, 1.54) is 6.07 Å². The molecule has 0 spiro atoms. The Morgan fingerprint density at radius 2 is 1.88 bits per heavy atom. The number of anilines is 1. The first-order valence-corrected chi connectivity index (χ1v) is 8.59. The van der Waals surface area contributed by atoms with Crippen molar-refractivity contribution < 1.29 is 9.18 Å². The number of aromatic nitrogens is 3. The molecule has 1 amide bonds. The zero-order valence-corrected chi connectivity index (χ0v) is 14.5. The second-order valence-electron chi connectivity index (χ2n) is 6.40.